The van der Waals surface area contributed by atoms with E-state index in [9.17, 15) is 24.0 Å². The number of nitrogens with zero attached hydrogens (tertiary/aromatic N) is 1. The van der Waals surface area contributed by atoms with Gasteiger partial charge >= 0.3 is 5.97 Å². The molecule has 2 unspecified atom stereocenters. The van der Waals surface area contributed by atoms with Crippen LogP contribution in [0.3, 0.4) is 0 Å². The van der Waals surface area contributed by atoms with Crippen molar-refractivity contribution in [2.75, 3.05) is 24.5 Å². The van der Waals surface area contributed by atoms with E-state index < -0.39 is 22.5 Å². The van der Waals surface area contributed by atoms with E-state index in [-0.39, 0.29) is 37.9 Å². The Balaban J connectivity index is 1.59. The normalized spacial score (nSPS) is 21.7. The molecule has 240 valence electrons. The molecule has 0 aliphatic carbocycles. The minimum Gasteiger partial charge on any atom is -0.459 e. The summed E-state index contributed by atoms with van der Waals surface area (Å²) in [4.78, 5) is 67.6. The number of anilines is 1. The molecule has 0 bridgehead atoms. The smallest absolute Gasteiger partial charge is 0.330 e. The molecule has 10 heteroatoms. The standard InChI is InChI=1S/C36H40N4O6/c1-34(28-14-8-3-9-15-28,36(35(25-42,39-36)18-20-41)33(45)46-23-27-12-5-2-6-13-27)24-40-30-17-16-26(11-7-4-10-19-37)21-29(30)32(44)38-22-31(40)43/h2-3,5-6,8-9,12-17,20-21,25,39H,4,7,10-11,18-19,22-24,37H2,1H3,(H,38,44)/t34?,35?,36-/m1/s1. The van der Waals surface area contributed by atoms with Crippen molar-refractivity contribution < 1.29 is 28.7 Å². The Labute approximate surface area is 268 Å². The largest absolute Gasteiger partial charge is 0.459 e. The van der Waals surface area contributed by atoms with Gasteiger partial charge in [-0.3, -0.25) is 14.9 Å². The summed E-state index contributed by atoms with van der Waals surface area (Å²) in [5, 5.41) is 5.83. The molecule has 3 aromatic rings. The lowest BCUT2D eigenvalue weighted by Crippen LogP contribution is -2.59. The second kappa shape index (κ2) is 13.8. The first kappa shape index (κ1) is 32.7. The molecule has 3 atom stereocenters. The van der Waals surface area contributed by atoms with Crippen molar-refractivity contribution in [1.82, 2.24) is 10.6 Å². The first-order valence-corrected chi connectivity index (χ1v) is 15.6. The average molecular weight is 625 g/mol. The Kier molecular flexibility index (Phi) is 9.79. The fraction of sp³-hybridized carbons (Fsp3) is 0.361. The van der Waals surface area contributed by atoms with Gasteiger partial charge in [-0.2, -0.15) is 0 Å². The van der Waals surface area contributed by atoms with E-state index in [1.54, 1.807) is 19.1 Å². The number of esters is 1. The summed E-state index contributed by atoms with van der Waals surface area (Å²) < 4.78 is 5.87. The number of nitrogens with one attached hydrogen (secondary N) is 2. The van der Waals surface area contributed by atoms with Gasteiger partial charge in [-0.15, -0.1) is 0 Å². The van der Waals surface area contributed by atoms with Crippen molar-refractivity contribution >= 4 is 36.0 Å². The quantitative estimate of drug-likeness (QED) is 0.101. The number of benzene rings is 3. The van der Waals surface area contributed by atoms with Crippen LogP contribution in [0.5, 0.6) is 0 Å². The molecular formula is C36H40N4O6. The van der Waals surface area contributed by atoms with E-state index in [0.29, 0.717) is 35.9 Å². The van der Waals surface area contributed by atoms with Crippen LogP contribution in [0.1, 0.15) is 59.7 Å². The number of amides is 2. The van der Waals surface area contributed by atoms with Crippen LogP contribution in [0.4, 0.5) is 5.69 Å². The van der Waals surface area contributed by atoms with Gasteiger partial charge in [0.15, 0.2) is 5.54 Å². The predicted molar refractivity (Wildman–Crippen MR) is 173 cm³/mol. The number of nitrogens with two attached hydrogens (primary N) is 1. The number of aldehydes is 2. The van der Waals surface area contributed by atoms with Crippen LogP contribution in [0, 0.1) is 0 Å². The van der Waals surface area contributed by atoms with E-state index >= 15 is 0 Å². The fourth-order valence-corrected chi connectivity index (χ4v) is 6.73. The molecule has 3 aromatic carbocycles. The number of aryl methyl sites for hydroxylation is 1. The monoisotopic (exact) mass is 624 g/mol. The highest BCUT2D eigenvalue weighted by atomic mass is 16.5. The molecule has 10 nitrogen and oxygen atoms in total. The van der Waals surface area contributed by atoms with Gasteiger partial charge in [0.1, 0.15) is 24.7 Å². The minimum absolute atomic E-state index is 0.0536. The summed E-state index contributed by atoms with van der Waals surface area (Å²) in [6.07, 6.45) is 4.46. The minimum atomic E-state index is -1.72. The molecule has 0 saturated carbocycles. The molecule has 1 saturated heterocycles. The van der Waals surface area contributed by atoms with Crippen LogP contribution in [0.2, 0.25) is 0 Å². The van der Waals surface area contributed by atoms with E-state index in [1.807, 2.05) is 66.7 Å². The molecule has 46 heavy (non-hydrogen) atoms. The first-order valence-electron chi connectivity index (χ1n) is 15.6. The van der Waals surface area contributed by atoms with Gasteiger partial charge < -0.3 is 30.3 Å². The van der Waals surface area contributed by atoms with Crippen molar-refractivity contribution in [1.29, 1.82) is 0 Å². The molecule has 2 aliphatic heterocycles. The average Bonchev–Trinajstić information content (AvgIpc) is 3.79. The third kappa shape index (κ3) is 5.98. The first-order chi connectivity index (χ1) is 22.2. The molecule has 2 aliphatic rings. The third-order valence-corrected chi connectivity index (χ3v) is 9.32. The Hall–Kier alpha value is -4.67. The van der Waals surface area contributed by atoms with Crippen LogP contribution in [-0.4, -0.2) is 61.1 Å². The zero-order valence-electron chi connectivity index (χ0n) is 26.0. The summed E-state index contributed by atoms with van der Waals surface area (Å²) in [5.74, 6) is -1.48. The topological polar surface area (TPSA) is 158 Å². The maximum atomic E-state index is 14.3. The number of unbranched alkanes of at least 4 members (excludes halogenated alkanes) is 2. The van der Waals surface area contributed by atoms with Crippen LogP contribution in [0.15, 0.2) is 78.9 Å². The number of carbonyl (C=O) groups excluding carboxylic acids is 5. The van der Waals surface area contributed by atoms with Crippen molar-refractivity contribution in [3.8, 4) is 0 Å². The molecule has 4 N–H and O–H groups in total. The predicted octanol–water partition coefficient (Wildman–Crippen LogP) is 3.00. The van der Waals surface area contributed by atoms with Gasteiger partial charge in [0.05, 0.1) is 17.8 Å². The van der Waals surface area contributed by atoms with Crippen LogP contribution >= 0.6 is 0 Å². The highest BCUT2D eigenvalue weighted by Gasteiger charge is 2.80. The lowest BCUT2D eigenvalue weighted by atomic mass is 9.65. The zero-order valence-corrected chi connectivity index (χ0v) is 26.0. The molecule has 0 aromatic heterocycles. The summed E-state index contributed by atoms with van der Waals surface area (Å²) in [6.45, 7) is 2.00. The molecule has 2 heterocycles. The van der Waals surface area contributed by atoms with Gasteiger partial charge in [0.2, 0.25) is 5.91 Å². The van der Waals surface area contributed by atoms with Crippen molar-refractivity contribution in [3.63, 3.8) is 0 Å². The van der Waals surface area contributed by atoms with Gasteiger partial charge in [0.25, 0.3) is 5.91 Å². The number of fused-ring (bicyclic) bond motifs is 1. The number of rotatable bonds is 15. The molecule has 2 amide bonds. The number of ether oxygens (including phenoxy) is 1. The fourth-order valence-electron chi connectivity index (χ4n) is 6.73. The second-order valence-corrected chi connectivity index (χ2v) is 12.2. The second-order valence-electron chi connectivity index (χ2n) is 12.2. The van der Waals surface area contributed by atoms with Crippen LogP contribution < -0.4 is 21.3 Å². The summed E-state index contributed by atoms with van der Waals surface area (Å²) in [7, 11) is 0. The molecular weight excluding hydrogens is 584 g/mol. The number of hydrogen-bond donors (Lipinski definition) is 3. The Morgan fingerprint density at radius 3 is 2.37 bits per heavy atom. The molecule has 0 radical (unpaired) electrons. The van der Waals surface area contributed by atoms with Gasteiger partial charge in [-0.25, -0.2) is 4.79 Å². The number of hydrogen-bond acceptors (Lipinski definition) is 8. The molecule has 1 fully saturated rings. The van der Waals surface area contributed by atoms with Crippen molar-refractivity contribution in [2.24, 2.45) is 5.73 Å². The summed E-state index contributed by atoms with van der Waals surface area (Å²) >= 11 is 0. The lowest BCUT2D eigenvalue weighted by Gasteiger charge is -2.41. The lowest BCUT2D eigenvalue weighted by molar-refractivity contribution is -0.151. The van der Waals surface area contributed by atoms with Crippen LogP contribution in [-0.2, 0) is 42.4 Å². The summed E-state index contributed by atoms with van der Waals surface area (Å²) in [5.41, 5.74) is 4.12. The van der Waals surface area contributed by atoms with Crippen molar-refractivity contribution in [2.45, 2.75) is 62.1 Å². The van der Waals surface area contributed by atoms with E-state index in [0.717, 1.165) is 36.8 Å². The zero-order chi connectivity index (χ0) is 32.8. The van der Waals surface area contributed by atoms with Crippen molar-refractivity contribution in [3.05, 3.63) is 101 Å². The van der Waals surface area contributed by atoms with Gasteiger partial charge in [-0.1, -0.05) is 80.1 Å². The van der Waals surface area contributed by atoms with E-state index in [1.165, 1.54) is 4.90 Å². The van der Waals surface area contributed by atoms with E-state index in [2.05, 4.69) is 10.6 Å². The van der Waals surface area contributed by atoms with Gasteiger partial charge in [-0.05, 0) is 54.6 Å². The highest BCUT2D eigenvalue weighted by Crippen LogP contribution is 2.55. The maximum absolute atomic E-state index is 14.3. The highest BCUT2D eigenvalue weighted by molar-refractivity contribution is 6.10. The maximum Gasteiger partial charge on any atom is 0.330 e. The Bertz CT molecular complexity index is 1600. The number of carbonyl (C=O) groups is 5. The third-order valence-electron chi connectivity index (χ3n) is 9.32. The van der Waals surface area contributed by atoms with Gasteiger partial charge in [0, 0.05) is 18.4 Å². The SMILES string of the molecule is CC(CN1C(=O)CNC(=O)c2cc(CCCCCN)ccc21)(c1ccccc1)[C@@]1(C(=O)OCc2ccccc2)NC1(C=O)CC=O. The Morgan fingerprint density at radius 1 is 0.978 bits per heavy atom. The Morgan fingerprint density at radius 2 is 1.70 bits per heavy atom. The molecule has 5 rings (SSSR count). The summed E-state index contributed by atoms with van der Waals surface area (Å²) in [6, 6.07) is 23.7. The van der Waals surface area contributed by atoms with E-state index in [4.69, 9.17) is 10.5 Å². The molecule has 0 spiro atoms. The van der Waals surface area contributed by atoms with Crippen LogP contribution in [0.25, 0.3) is 0 Å².